The Kier molecular flexibility index (Phi) is 4.61. The maximum Gasteiger partial charge on any atom is 0.340 e. The number of esters is 1. The van der Waals surface area contributed by atoms with Crippen LogP contribution in [0.1, 0.15) is 28.7 Å². The number of ether oxygens (including phenoxy) is 1. The van der Waals surface area contributed by atoms with Gasteiger partial charge in [0.2, 0.25) is 0 Å². The predicted octanol–water partition coefficient (Wildman–Crippen LogP) is 2.93. The molecule has 5 nitrogen and oxygen atoms in total. The van der Waals surface area contributed by atoms with Crippen LogP contribution in [0.25, 0.3) is 0 Å². The molecule has 0 amide bonds. The van der Waals surface area contributed by atoms with E-state index in [0.717, 1.165) is 27.0 Å². The molecule has 0 fully saturated rings. The number of anilines is 1. The maximum absolute atomic E-state index is 11.7. The Hall–Kier alpha value is -1.60. The van der Waals surface area contributed by atoms with Gasteiger partial charge in [0.05, 0.1) is 12.7 Å². The lowest BCUT2D eigenvalue weighted by Crippen LogP contribution is -2.07. The van der Waals surface area contributed by atoms with E-state index in [2.05, 4.69) is 9.36 Å². The first-order valence-electron chi connectivity index (χ1n) is 6.04. The number of aromatic nitrogens is 2. The molecular weight excluding hydrogens is 294 g/mol. The van der Waals surface area contributed by atoms with E-state index < -0.39 is 5.97 Å². The molecule has 0 aliphatic carbocycles. The van der Waals surface area contributed by atoms with Crippen LogP contribution in [0, 0.1) is 6.92 Å². The molecule has 0 spiro atoms. The standard InChI is InChI=1S/C13H15N3O2S2/c1-4-10-15-13(20-16-10)19-8-5-7(2)11(14)9(6-8)12(17)18-3/h5-6H,4,14H2,1-3H3. The van der Waals surface area contributed by atoms with Gasteiger partial charge in [-0.25, -0.2) is 9.78 Å². The van der Waals surface area contributed by atoms with Crippen LogP contribution in [0.4, 0.5) is 5.69 Å². The summed E-state index contributed by atoms with van der Waals surface area (Å²) >= 11 is 2.82. The van der Waals surface area contributed by atoms with Gasteiger partial charge >= 0.3 is 5.97 Å². The SMILES string of the molecule is CCc1nsc(Sc2cc(C)c(N)c(C(=O)OC)c2)n1. The van der Waals surface area contributed by atoms with Crippen LogP contribution in [0.15, 0.2) is 21.4 Å². The zero-order valence-corrected chi connectivity index (χ0v) is 13.1. The molecule has 2 rings (SSSR count). The molecule has 0 unspecified atom stereocenters. The van der Waals surface area contributed by atoms with Crippen LogP contribution in [-0.4, -0.2) is 22.4 Å². The normalized spacial score (nSPS) is 10.6. The number of carbonyl (C=O) groups excluding carboxylic acids is 1. The first-order valence-corrected chi connectivity index (χ1v) is 7.63. The van der Waals surface area contributed by atoms with Gasteiger partial charge in [0, 0.05) is 17.0 Å². The number of nitrogen functional groups attached to an aromatic ring is 1. The third-order valence-electron chi connectivity index (χ3n) is 2.74. The first kappa shape index (κ1) is 14.8. The Morgan fingerprint density at radius 2 is 2.25 bits per heavy atom. The predicted molar refractivity (Wildman–Crippen MR) is 80.3 cm³/mol. The average molecular weight is 309 g/mol. The second-order valence-electron chi connectivity index (χ2n) is 4.13. The summed E-state index contributed by atoms with van der Waals surface area (Å²) in [5.41, 5.74) is 7.59. The van der Waals surface area contributed by atoms with Gasteiger partial charge in [-0.2, -0.15) is 4.37 Å². The highest BCUT2D eigenvalue weighted by atomic mass is 32.2. The molecule has 2 aromatic rings. The quantitative estimate of drug-likeness (QED) is 0.691. The Labute approximate surface area is 125 Å². The largest absolute Gasteiger partial charge is 0.465 e. The van der Waals surface area contributed by atoms with Gasteiger partial charge in [-0.3, -0.25) is 0 Å². The van der Waals surface area contributed by atoms with Gasteiger partial charge in [0.1, 0.15) is 5.82 Å². The maximum atomic E-state index is 11.7. The summed E-state index contributed by atoms with van der Waals surface area (Å²) in [6.45, 7) is 3.88. The summed E-state index contributed by atoms with van der Waals surface area (Å²) in [5, 5.41) is 0. The summed E-state index contributed by atoms with van der Waals surface area (Å²) in [7, 11) is 1.34. The van der Waals surface area contributed by atoms with Crippen molar-refractivity contribution < 1.29 is 9.53 Å². The lowest BCUT2D eigenvalue weighted by atomic mass is 10.1. The van der Waals surface area contributed by atoms with Crippen molar-refractivity contribution in [3.05, 3.63) is 29.1 Å². The van der Waals surface area contributed by atoms with Gasteiger partial charge in [0.15, 0.2) is 4.34 Å². The van der Waals surface area contributed by atoms with Crippen LogP contribution < -0.4 is 5.73 Å². The molecule has 1 aromatic carbocycles. The Bertz CT molecular complexity index is 641. The number of aryl methyl sites for hydroxylation is 2. The van der Waals surface area contributed by atoms with Crippen LogP contribution in [0.5, 0.6) is 0 Å². The second-order valence-corrected chi connectivity index (χ2v) is 6.20. The van der Waals surface area contributed by atoms with Crippen molar-refractivity contribution >= 4 is 35.0 Å². The fourth-order valence-corrected chi connectivity index (χ4v) is 3.44. The highest BCUT2D eigenvalue weighted by Gasteiger charge is 2.15. The molecule has 106 valence electrons. The van der Waals surface area contributed by atoms with Crippen molar-refractivity contribution in [1.29, 1.82) is 0 Å². The zero-order valence-electron chi connectivity index (χ0n) is 11.5. The molecule has 7 heteroatoms. The number of methoxy groups -OCH3 is 1. The van der Waals surface area contributed by atoms with Crippen LogP contribution in [0.2, 0.25) is 0 Å². The second kappa shape index (κ2) is 6.23. The molecule has 0 aliphatic rings. The minimum absolute atomic E-state index is 0.384. The van der Waals surface area contributed by atoms with E-state index in [0.29, 0.717) is 11.3 Å². The van der Waals surface area contributed by atoms with Crippen molar-refractivity contribution in [2.45, 2.75) is 29.5 Å². The highest BCUT2D eigenvalue weighted by molar-refractivity contribution is 8.01. The van der Waals surface area contributed by atoms with Gasteiger partial charge in [-0.1, -0.05) is 18.7 Å². The molecule has 0 atom stereocenters. The van der Waals surface area contributed by atoms with Crippen LogP contribution in [0.3, 0.4) is 0 Å². The van der Waals surface area contributed by atoms with Crippen molar-refractivity contribution in [1.82, 2.24) is 9.36 Å². The van der Waals surface area contributed by atoms with E-state index in [9.17, 15) is 4.79 Å². The number of nitrogens with zero attached hydrogens (tertiary/aromatic N) is 2. The Balaban J connectivity index is 2.32. The highest BCUT2D eigenvalue weighted by Crippen LogP contribution is 2.33. The van der Waals surface area contributed by atoms with E-state index in [1.54, 1.807) is 6.07 Å². The summed E-state index contributed by atoms with van der Waals surface area (Å²) in [6.07, 6.45) is 0.811. The topological polar surface area (TPSA) is 78.1 Å². The van der Waals surface area contributed by atoms with E-state index >= 15 is 0 Å². The van der Waals surface area contributed by atoms with Crippen molar-refractivity contribution in [3.8, 4) is 0 Å². The van der Waals surface area contributed by atoms with Gasteiger partial charge < -0.3 is 10.5 Å². The molecule has 0 saturated heterocycles. The molecule has 0 saturated carbocycles. The smallest absolute Gasteiger partial charge is 0.340 e. The Morgan fingerprint density at radius 3 is 2.85 bits per heavy atom. The summed E-state index contributed by atoms with van der Waals surface area (Å²) in [6, 6.07) is 3.66. The lowest BCUT2D eigenvalue weighted by molar-refractivity contribution is 0.0601. The van der Waals surface area contributed by atoms with E-state index in [1.807, 2.05) is 19.9 Å². The number of carbonyl (C=O) groups is 1. The number of hydrogen-bond acceptors (Lipinski definition) is 7. The Morgan fingerprint density at radius 1 is 1.50 bits per heavy atom. The van der Waals surface area contributed by atoms with Crippen molar-refractivity contribution in [3.63, 3.8) is 0 Å². The minimum Gasteiger partial charge on any atom is -0.465 e. The molecule has 0 bridgehead atoms. The van der Waals surface area contributed by atoms with E-state index in [4.69, 9.17) is 10.5 Å². The zero-order chi connectivity index (χ0) is 14.7. The summed E-state index contributed by atoms with van der Waals surface area (Å²) in [4.78, 5) is 17.0. The van der Waals surface area contributed by atoms with Crippen molar-refractivity contribution in [2.24, 2.45) is 0 Å². The van der Waals surface area contributed by atoms with Crippen LogP contribution in [-0.2, 0) is 11.2 Å². The number of hydrogen-bond donors (Lipinski definition) is 1. The first-order chi connectivity index (χ1) is 9.55. The van der Waals surface area contributed by atoms with E-state index in [1.165, 1.54) is 30.4 Å². The van der Waals surface area contributed by atoms with Gasteiger partial charge in [0.25, 0.3) is 0 Å². The third kappa shape index (κ3) is 3.10. The number of benzene rings is 1. The number of nitrogens with two attached hydrogens (primary N) is 1. The van der Waals surface area contributed by atoms with Crippen LogP contribution >= 0.6 is 23.3 Å². The van der Waals surface area contributed by atoms with Crippen molar-refractivity contribution in [2.75, 3.05) is 12.8 Å². The molecular formula is C13H15N3O2S2. The summed E-state index contributed by atoms with van der Waals surface area (Å²) < 4.78 is 9.83. The fourth-order valence-electron chi connectivity index (χ4n) is 1.63. The van der Waals surface area contributed by atoms with Gasteiger partial charge in [-0.05, 0) is 36.2 Å². The molecule has 0 aliphatic heterocycles. The monoisotopic (exact) mass is 309 g/mol. The van der Waals surface area contributed by atoms with Gasteiger partial charge in [-0.15, -0.1) is 0 Å². The van der Waals surface area contributed by atoms with E-state index in [-0.39, 0.29) is 0 Å². The fraction of sp³-hybridized carbons (Fsp3) is 0.308. The molecule has 1 aromatic heterocycles. The third-order valence-corrected chi connectivity index (χ3v) is 4.50. The lowest BCUT2D eigenvalue weighted by Gasteiger charge is -2.09. The summed E-state index contributed by atoms with van der Waals surface area (Å²) in [5.74, 6) is 0.400. The number of rotatable bonds is 4. The molecule has 1 heterocycles. The molecule has 20 heavy (non-hydrogen) atoms. The molecule has 2 N–H and O–H groups in total. The minimum atomic E-state index is -0.431. The average Bonchev–Trinajstić information content (AvgIpc) is 2.89. The molecule has 0 radical (unpaired) electrons.